The number of amides is 2. The zero-order valence-electron chi connectivity index (χ0n) is 16.6. The average molecular weight is 471 g/mol. The van der Waals surface area contributed by atoms with Crippen molar-refractivity contribution in [3.8, 4) is 11.1 Å². The molecule has 3 rings (SSSR count). The van der Waals surface area contributed by atoms with Gasteiger partial charge < -0.3 is 16.8 Å². The lowest BCUT2D eigenvalue weighted by atomic mass is 9.96. The summed E-state index contributed by atoms with van der Waals surface area (Å²) in [5.74, 6) is -1.14. The van der Waals surface area contributed by atoms with Crippen LogP contribution in [-0.4, -0.2) is 20.2 Å². The van der Waals surface area contributed by atoms with Gasteiger partial charge in [0.05, 0.1) is 16.1 Å². The number of rotatable bonds is 6. The first-order valence-electron chi connectivity index (χ1n) is 9.16. The number of nitrogen functional groups attached to an aromatic ring is 1. The summed E-state index contributed by atoms with van der Waals surface area (Å²) < 4.78 is 23.0. The van der Waals surface area contributed by atoms with Gasteiger partial charge in [-0.05, 0) is 65.7 Å². The number of hydrogen-bond acceptors (Lipinski definition) is 5. The number of primary amides is 1. The smallest absolute Gasteiger partial charge is 0.250 e. The molecule has 0 bridgehead atoms. The summed E-state index contributed by atoms with van der Waals surface area (Å²) in [5.41, 5.74) is 13.8. The molecule has 0 unspecified atom stereocenters. The van der Waals surface area contributed by atoms with E-state index in [4.69, 9.17) is 28.2 Å². The number of benzene rings is 3. The lowest BCUT2D eigenvalue weighted by Gasteiger charge is -2.12. The fourth-order valence-electron chi connectivity index (χ4n) is 2.93. The second kappa shape index (κ2) is 9.23. The minimum atomic E-state index is -3.86. The zero-order chi connectivity index (χ0) is 23.5. The van der Waals surface area contributed by atoms with Crippen LogP contribution in [0, 0.1) is 0 Å². The summed E-state index contributed by atoms with van der Waals surface area (Å²) in [4.78, 5) is 24.0. The third-order valence-electron chi connectivity index (χ3n) is 4.50. The van der Waals surface area contributed by atoms with E-state index in [9.17, 15) is 18.0 Å². The monoisotopic (exact) mass is 470 g/mol. The summed E-state index contributed by atoms with van der Waals surface area (Å²) in [6.07, 6.45) is 2.79. The molecule has 0 aliphatic carbocycles. The number of nitrogens with two attached hydrogens (primary N) is 3. The topological polar surface area (TPSA) is 158 Å². The zero-order valence-corrected chi connectivity index (χ0v) is 18.2. The molecule has 0 atom stereocenters. The molecule has 32 heavy (non-hydrogen) atoms. The van der Waals surface area contributed by atoms with Gasteiger partial charge in [-0.1, -0.05) is 23.7 Å². The Labute approximate surface area is 189 Å². The van der Waals surface area contributed by atoms with E-state index in [2.05, 4.69) is 5.32 Å². The van der Waals surface area contributed by atoms with Crippen LogP contribution in [0.2, 0.25) is 5.02 Å². The molecule has 3 aromatic rings. The Morgan fingerprint density at radius 3 is 2.16 bits per heavy atom. The molecule has 3 aromatic carbocycles. The quantitative estimate of drug-likeness (QED) is 0.321. The average Bonchev–Trinajstić information content (AvgIpc) is 2.74. The number of carbonyl (C=O) groups excluding carboxylic acids is 2. The fourth-order valence-corrected chi connectivity index (χ4v) is 3.57. The Morgan fingerprint density at radius 2 is 1.59 bits per heavy atom. The maximum atomic E-state index is 12.2. The number of halogens is 1. The molecule has 0 aliphatic rings. The van der Waals surface area contributed by atoms with Crippen LogP contribution >= 0.6 is 11.6 Å². The maximum absolute atomic E-state index is 12.2. The molecule has 0 spiro atoms. The largest absolute Gasteiger partial charge is 0.398 e. The SMILES string of the molecule is NC(=O)c1cc(/C=C/C(=O)Nc2ccc(Cl)cc2)cc(-c2ccc(S(N)(=O)=O)cc2)c1N. The van der Waals surface area contributed by atoms with Crippen molar-refractivity contribution in [2.45, 2.75) is 4.90 Å². The lowest BCUT2D eigenvalue weighted by molar-refractivity contribution is -0.111. The number of nitrogens with one attached hydrogen (secondary N) is 1. The number of carbonyl (C=O) groups is 2. The van der Waals surface area contributed by atoms with Crippen molar-refractivity contribution < 1.29 is 18.0 Å². The number of anilines is 2. The van der Waals surface area contributed by atoms with Gasteiger partial charge in [0.25, 0.3) is 5.91 Å². The van der Waals surface area contributed by atoms with Gasteiger partial charge in [0.1, 0.15) is 0 Å². The molecule has 8 nitrogen and oxygen atoms in total. The van der Waals surface area contributed by atoms with E-state index in [0.717, 1.165) is 0 Å². The molecule has 2 amide bonds. The molecule has 0 aromatic heterocycles. The normalized spacial score (nSPS) is 11.4. The van der Waals surface area contributed by atoms with E-state index in [1.54, 1.807) is 30.3 Å². The van der Waals surface area contributed by atoms with E-state index in [1.807, 2.05) is 0 Å². The third-order valence-corrected chi connectivity index (χ3v) is 5.68. The molecule has 164 valence electrons. The van der Waals surface area contributed by atoms with Crippen LogP contribution in [0.1, 0.15) is 15.9 Å². The molecule has 0 heterocycles. The van der Waals surface area contributed by atoms with E-state index >= 15 is 0 Å². The van der Waals surface area contributed by atoms with Crippen LogP contribution in [0.5, 0.6) is 0 Å². The molecule has 0 saturated heterocycles. The first kappa shape index (κ1) is 23.0. The Morgan fingerprint density at radius 1 is 0.969 bits per heavy atom. The van der Waals surface area contributed by atoms with Crippen molar-refractivity contribution in [2.75, 3.05) is 11.1 Å². The third kappa shape index (κ3) is 5.52. The highest BCUT2D eigenvalue weighted by molar-refractivity contribution is 7.89. The van der Waals surface area contributed by atoms with Gasteiger partial charge in [0, 0.05) is 22.3 Å². The van der Waals surface area contributed by atoms with Crippen LogP contribution in [0.3, 0.4) is 0 Å². The number of sulfonamides is 1. The van der Waals surface area contributed by atoms with Crippen molar-refractivity contribution in [1.82, 2.24) is 0 Å². The van der Waals surface area contributed by atoms with Gasteiger partial charge >= 0.3 is 0 Å². The van der Waals surface area contributed by atoms with Gasteiger partial charge in [0.2, 0.25) is 15.9 Å². The van der Waals surface area contributed by atoms with Crippen molar-refractivity contribution in [2.24, 2.45) is 10.9 Å². The highest BCUT2D eigenvalue weighted by atomic mass is 35.5. The Hall–Kier alpha value is -3.66. The second-order valence-corrected chi connectivity index (χ2v) is 8.79. The van der Waals surface area contributed by atoms with E-state index < -0.39 is 21.8 Å². The Kier molecular flexibility index (Phi) is 6.64. The van der Waals surface area contributed by atoms with Gasteiger partial charge in [-0.3, -0.25) is 9.59 Å². The second-order valence-electron chi connectivity index (χ2n) is 6.79. The van der Waals surface area contributed by atoms with Crippen molar-refractivity contribution in [1.29, 1.82) is 0 Å². The molecule has 0 radical (unpaired) electrons. The van der Waals surface area contributed by atoms with Gasteiger partial charge in [-0.2, -0.15) is 0 Å². The molecule has 7 N–H and O–H groups in total. The molecular weight excluding hydrogens is 452 g/mol. The van der Waals surface area contributed by atoms with Crippen molar-refractivity contribution >= 4 is 50.9 Å². The van der Waals surface area contributed by atoms with Gasteiger partial charge in [-0.25, -0.2) is 13.6 Å². The molecule has 0 fully saturated rings. The highest BCUT2D eigenvalue weighted by Gasteiger charge is 2.15. The van der Waals surface area contributed by atoms with E-state index in [1.165, 1.54) is 42.5 Å². The maximum Gasteiger partial charge on any atom is 0.250 e. The summed E-state index contributed by atoms with van der Waals surface area (Å²) in [5, 5.41) is 8.36. The van der Waals surface area contributed by atoms with Crippen molar-refractivity contribution in [3.63, 3.8) is 0 Å². The first-order chi connectivity index (χ1) is 15.0. The summed E-state index contributed by atoms with van der Waals surface area (Å²) >= 11 is 5.83. The lowest BCUT2D eigenvalue weighted by Crippen LogP contribution is -2.14. The predicted octanol–water partition coefficient (Wildman–Crippen LogP) is 2.99. The molecule has 10 heteroatoms. The van der Waals surface area contributed by atoms with Crippen LogP contribution in [0.25, 0.3) is 17.2 Å². The minimum absolute atomic E-state index is 0.0649. The van der Waals surface area contributed by atoms with Crippen molar-refractivity contribution in [3.05, 3.63) is 82.9 Å². The molecule has 0 saturated carbocycles. The summed E-state index contributed by atoms with van der Waals surface area (Å²) in [6.45, 7) is 0. The Bertz CT molecular complexity index is 1320. The summed E-state index contributed by atoms with van der Waals surface area (Å²) in [7, 11) is -3.86. The molecular formula is C22H19ClN4O4S. The van der Waals surface area contributed by atoms with Crippen LogP contribution < -0.4 is 21.9 Å². The van der Waals surface area contributed by atoms with E-state index in [-0.39, 0.29) is 16.1 Å². The van der Waals surface area contributed by atoms with Gasteiger partial charge in [-0.15, -0.1) is 0 Å². The van der Waals surface area contributed by atoms with Crippen LogP contribution in [0.4, 0.5) is 11.4 Å². The minimum Gasteiger partial charge on any atom is -0.398 e. The van der Waals surface area contributed by atoms with E-state index in [0.29, 0.717) is 27.4 Å². The number of primary sulfonamides is 1. The van der Waals surface area contributed by atoms with Crippen LogP contribution in [-0.2, 0) is 14.8 Å². The van der Waals surface area contributed by atoms with Crippen LogP contribution in [0.15, 0.2) is 71.6 Å². The number of hydrogen-bond donors (Lipinski definition) is 4. The standard InChI is InChI=1S/C22H19ClN4O4S/c23-15-4-6-16(7-5-15)27-20(28)10-1-13-11-18(21(24)19(12-13)22(25)29)14-2-8-17(9-3-14)32(26,30)31/h1-12H,24H2,(H2,25,29)(H,27,28)(H2,26,30,31)/b10-1+. The molecule has 0 aliphatic heterocycles. The fraction of sp³-hybridized carbons (Fsp3) is 0. The highest BCUT2D eigenvalue weighted by Crippen LogP contribution is 2.31. The first-order valence-corrected chi connectivity index (χ1v) is 11.1. The Balaban J connectivity index is 1.94. The van der Waals surface area contributed by atoms with Gasteiger partial charge in [0.15, 0.2) is 0 Å². The summed E-state index contributed by atoms with van der Waals surface area (Å²) in [6, 6.07) is 15.4. The predicted molar refractivity (Wildman–Crippen MR) is 125 cm³/mol.